The Balaban J connectivity index is 1.96. The number of alkyl halides is 1. The van der Waals surface area contributed by atoms with E-state index in [1.807, 2.05) is 0 Å². The monoisotopic (exact) mass is 205 g/mol. The highest BCUT2D eigenvalue weighted by atomic mass is 35.5. The second kappa shape index (κ2) is 6.31. The number of thioether (sulfide) groups is 1. The third-order valence-electron chi connectivity index (χ3n) is 1.41. The van der Waals surface area contributed by atoms with Gasteiger partial charge in [0.1, 0.15) is 6.33 Å². The van der Waals surface area contributed by atoms with E-state index in [9.17, 15) is 0 Å². The van der Waals surface area contributed by atoms with Gasteiger partial charge in [0, 0.05) is 11.6 Å². The predicted molar refractivity (Wildman–Crippen MR) is 51.7 cm³/mol. The third kappa shape index (κ3) is 3.97. The van der Waals surface area contributed by atoms with Crippen LogP contribution in [0.2, 0.25) is 0 Å². The average molecular weight is 206 g/mol. The standard InChI is InChI=1S/C7H12ClN3S/c8-4-2-1-3-5-12-7-9-6-10-11-7/h6H,1-5H2,(H,9,10,11). The molecule has 0 radical (unpaired) electrons. The molecule has 1 rings (SSSR count). The van der Waals surface area contributed by atoms with Gasteiger partial charge in [-0.2, -0.15) is 5.10 Å². The van der Waals surface area contributed by atoms with Gasteiger partial charge in [0.2, 0.25) is 0 Å². The second-order valence-corrected chi connectivity index (χ2v) is 3.85. The number of H-pyrrole nitrogens is 1. The predicted octanol–water partition coefficient (Wildman–Crippen LogP) is 2.31. The number of nitrogens with zero attached hydrogens (tertiary/aromatic N) is 2. The molecule has 68 valence electrons. The molecule has 5 heteroatoms. The van der Waals surface area contributed by atoms with E-state index in [4.69, 9.17) is 11.6 Å². The highest BCUT2D eigenvalue weighted by molar-refractivity contribution is 7.99. The molecular formula is C7H12ClN3S. The van der Waals surface area contributed by atoms with Gasteiger partial charge in [0.05, 0.1) is 0 Å². The largest absolute Gasteiger partial charge is 0.254 e. The van der Waals surface area contributed by atoms with Crippen LogP contribution in [0.25, 0.3) is 0 Å². The topological polar surface area (TPSA) is 41.6 Å². The Morgan fingerprint density at radius 3 is 3.00 bits per heavy atom. The number of rotatable bonds is 6. The molecule has 0 aliphatic carbocycles. The highest BCUT2D eigenvalue weighted by Gasteiger charge is 1.95. The number of aromatic amines is 1. The maximum Gasteiger partial charge on any atom is 0.183 e. The van der Waals surface area contributed by atoms with Gasteiger partial charge >= 0.3 is 0 Å². The zero-order valence-corrected chi connectivity index (χ0v) is 8.37. The number of halogens is 1. The third-order valence-corrected chi connectivity index (χ3v) is 2.64. The van der Waals surface area contributed by atoms with Crippen LogP contribution in [0.1, 0.15) is 19.3 Å². The molecule has 3 nitrogen and oxygen atoms in total. The van der Waals surface area contributed by atoms with E-state index in [1.165, 1.54) is 19.2 Å². The minimum Gasteiger partial charge on any atom is -0.254 e. The maximum atomic E-state index is 5.54. The van der Waals surface area contributed by atoms with Crippen LogP contribution in [0, 0.1) is 0 Å². The van der Waals surface area contributed by atoms with Crippen molar-refractivity contribution in [1.82, 2.24) is 15.2 Å². The van der Waals surface area contributed by atoms with Gasteiger partial charge in [-0.15, -0.1) is 11.6 Å². The van der Waals surface area contributed by atoms with Crippen LogP contribution < -0.4 is 0 Å². The lowest BCUT2D eigenvalue weighted by atomic mass is 10.3. The molecule has 1 N–H and O–H groups in total. The van der Waals surface area contributed by atoms with Crippen LogP contribution >= 0.6 is 23.4 Å². The molecule has 0 atom stereocenters. The number of hydrogen-bond acceptors (Lipinski definition) is 3. The van der Waals surface area contributed by atoms with Crippen molar-refractivity contribution < 1.29 is 0 Å². The van der Waals surface area contributed by atoms with Gasteiger partial charge in [-0.3, -0.25) is 5.10 Å². The molecule has 0 saturated carbocycles. The van der Waals surface area contributed by atoms with Crippen molar-refractivity contribution in [2.45, 2.75) is 24.4 Å². The molecule has 1 aromatic rings. The smallest absolute Gasteiger partial charge is 0.183 e. The van der Waals surface area contributed by atoms with Crippen molar-refractivity contribution in [3.05, 3.63) is 6.33 Å². The number of unbranched alkanes of at least 4 members (excludes halogenated alkanes) is 2. The van der Waals surface area contributed by atoms with Crippen LogP contribution in [0.4, 0.5) is 0 Å². The Morgan fingerprint density at radius 1 is 1.42 bits per heavy atom. The zero-order valence-electron chi connectivity index (χ0n) is 6.79. The fraction of sp³-hybridized carbons (Fsp3) is 0.714. The molecule has 0 aliphatic heterocycles. The molecule has 0 spiro atoms. The molecule has 1 aromatic heterocycles. The van der Waals surface area contributed by atoms with E-state index >= 15 is 0 Å². The van der Waals surface area contributed by atoms with Gasteiger partial charge in [0.15, 0.2) is 5.16 Å². The zero-order chi connectivity index (χ0) is 8.65. The van der Waals surface area contributed by atoms with Crippen molar-refractivity contribution in [1.29, 1.82) is 0 Å². The number of aromatic nitrogens is 3. The first-order valence-corrected chi connectivity index (χ1v) is 5.49. The van der Waals surface area contributed by atoms with Crippen LogP contribution in [0.3, 0.4) is 0 Å². The van der Waals surface area contributed by atoms with E-state index in [1.54, 1.807) is 11.8 Å². The van der Waals surface area contributed by atoms with Crippen LogP contribution in [0.5, 0.6) is 0 Å². The molecule has 0 unspecified atom stereocenters. The molecule has 0 bridgehead atoms. The molecule has 0 amide bonds. The van der Waals surface area contributed by atoms with Crippen molar-refractivity contribution in [3.8, 4) is 0 Å². The quantitative estimate of drug-likeness (QED) is 0.440. The molecule has 1 heterocycles. The molecule has 0 aromatic carbocycles. The van der Waals surface area contributed by atoms with Gasteiger partial charge in [0.25, 0.3) is 0 Å². The SMILES string of the molecule is ClCCCCCSc1ncn[nH]1. The van der Waals surface area contributed by atoms with E-state index in [0.717, 1.165) is 23.2 Å². The van der Waals surface area contributed by atoms with E-state index < -0.39 is 0 Å². The summed E-state index contributed by atoms with van der Waals surface area (Å²) in [6.07, 6.45) is 5.03. The molecule has 0 aliphatic rings. The summed E-state index contributed by atoms with van der Waals surface area (Å²) >= 11 is 7.25. The van der Waals surface area contributed by atoms with Crippen molar-refractivity contribution in [2.24, 2.45) is 0 Å². The average Bonchev–Trinajstić information content (AvgIpc) is 2.57. The van der Waals surface area contributed by atoms with Crippen molar-refractivity contribution in [3.63, 3.8) is 0 Å². The van der Waals surface area contributed by atoms with E-state index in [2.05, 4.69) is 15.2 Å². The van der Waals surface area contributed by atoms with E-state index in [0.29, 0.717) is 0 Å². The minimum atomic E-state index is 0.771. The summed E-state index contributed by atoms with van der Waals surface area (Å²) in [5.74, 6) is 1.86. The van der Waals surface area contributed by atoms with Gasteiger partial charge in [-0.25, -0.2) is 4.98 Å². The molecule has 0 saturated heterocycles. The lowest BCUT2D eigenvalue weighted by Gasteiger charge is -1.95. The summed E-state index contributed by atoms with van der Waals surface area (Å²) in [6, 6.07) is 0. The summed E-state index contributed by atoms with van der Waals surface area (Å²) in [5.41, 5.74) is 0. The van der Waals surface area contributed by atoms with Crippen LogP contribution in [-0.2, 0) is 0 Å². The first-order chi connectivity index (χ1) is 5.93. The van der Waals surface area contributed by atoms with Crippen LogP contribution in [-0.4, -0.2) is 26.8 Å². The summed E-state index contributed by atoms with van der Waals surface area (Å²) in [7, 11) is 0. The Morgan fingerprint density at radius 2 is 2.33 bits per heavy atom. The normalized spacial score (nSPS) is 10.4. The highest BCUT2D eigenvalue weighted by Crippen LogP contribution is 2.13. The van der Waals surface area contributed by atoms with Gasteiger partial charge in [-0.1, -0.05) is 18.2 Å². The van der Waals surface area contributed by atoms with Gasteiger partial charge < -0.3 is 0 Å². The minimum absolute atomic E-state index is 0.771. The van der Waals surface area contributed by atoms with Crippen LogP contribution in [0.15, 0.2) is 11.5 Å². The second-order valence-electron chi connectivity index (χ2n) is 2.39. The first-order valence-electron chi connectivity index (χ1n) is 3.97. The van der Waals surface area contributed by atoms with Gasteiger partial charge in [-0.05, 0) is 12.8 Å². The first kappa shape index (κ1) is 9.86. The summed E-state index contributed by atoms with van der Waals surface area (Å²) in [4.78, 5) is 4.00. The van der Waals surface area contributed by atoms with Crippen molar-refractivity contribution in [2.75, 3.05) is 11.6 Å². The summed E-state index contributed by atoms with van der Waals surface area (Å²) in [5, 5.41) is 7.47. The lowest BCUT2D eigenvalue weighted by Crippen LogP contribution is -1.83. The molecule has 12 heavy (non-hydrogen) atoms. The lowest BCUT2D eigenvalue weighted by molar-refractivity contribution is 0.781. The fourth-order valence-electron chi connectivity index (χ4n) is 0.806. The maximum absolute atomic E-state index is 5.54. The fourth-order valence-corrected chi connectivity index (χ4v) is 1.78. The summed E-state index contributed by atoms with van der Waals surface area (Å²) < 4.78 is 0. The Bertz CT molecular complexity index is 191. The Kier molecular flexibility index (Phi) is 5.19. The molecular weight excluding hydrogens is 194 g/mol. The number of hydrogen-bond donors (Lipinski definition) is 1. The van der Waals surface area contributed by atoms with E-state index in [-0.39, 0.29) is 0 Å². The van der Waals surface area contributed by atoms with Crippen molar-refractivity contribution >= 4 is 23.4 Å². The Hall–Kier alpha value is -0.220. The molecule has 0 fully saturated rings. The Labute approximate surface area is 81.3 Å². The summed E-state index contributed by atoms with van der Waals surface area (Å²) in [6.45, 7) is 0. The number of nitrogens with one attached hydrogen (secondary N) is 1.